The third-order valence-corrected chi connectivity index (χ3v) is 15.9. The molecule has 0 spiro atoms. The minimum absolute atomic E-state index is 0.0330. The molecule has 14 heteroatoms. The lowest BCUT2D eigenvalue weighted by atomic mass is 9.48. The van der Waals surface area contributed by atoms with Gasteiger partial charge in [0.2, 0.25) is 0 Å². The molecule has 18 atom stereocenters. The fourth-order valence-electron chi connectivity index (χ4n) is 12.8. The summed E-state index contributed by atoms with van der Waals surface area (Å²) >= 11 is 0. The maximum Gasteiger partial charge on any atom is 0.335 e. The number of piperidine rings is 2. The quantitative estimate of drug-likeness (QED) is 0.0807. The van der Waals surface area contributed by atoms with E-state index in [0.29, 0.717) is 57.3 Å². The van der Waals surface area contributed by atoms with Crippen LogP contribution in [0.15, 0.2) is 11.6 Å². The molecule has 5 aliphatic heterocycles. The number of hydrogen-bond donors (Lipinski definition) is 9. The van der Waals surface area contributed by atoms with Crippen molar-refractivity contribution in [3.8, 4) is 11.8 Å². The van der Waals surface area contributed by atoms with Crippen molar-refractivity contribution in [2.75, 3.05) is 39.4 Å². The van der Waals surface area contributed by atoms with Crippen LogP contribution in [0.25, 0.3) is 0 Å². The molecule has 14 unspecified atom stereocenters. The second kappa shape index (κ2) is 19.2. The summed E-state index contributed by atoms with van der Waals surface area (Å²) in [5.41, 5.74) is 11.4. The number of allylic oxidation sites excluding steroid dienone is 1. The summed E-state index contributed by atoms with van der Waals surface area (Å²) in [7, 11) is 0. The monoisotopic (exact) mass is 828 g/mol. The number of carbonyl (C=O) groups is 2. The van der Waals surface area contributed by atoms with Crippen molar-refractivity contribution in [3.05, 3.63) is 11.6 Å². The smallest absolute Gasteiger partial charge is 0.335 e. The van der Waals surface area contributed by atoms with Crippen LogP contribution in [0.4, 0.5) is 0 Å². The number of fused-ring (bicyclic) bond motifs is 3. The Kier molecular flexibility index (Phi) is 14.6. The van der Waals surface area contributed by atoms with Crippen LogP contribution in [-0.2, 0) is 23.8 Å². The number of ether oxygens (including phenoxy) is 3. The number of ketones is 1. The van der Waals surface area contributed by atoms with Crippen molar-refractivity contribution in [2.24, 2.45) is 64.2 Å². The van der Waals surface area contributed by atoms with Crippen LogP contribution in [0, 0.1) is 64.6 Å². The zero-order valence-corrected chi connectivity index (χ0v) is 35.5. The first-order valence-electron chi connectivity index (χ1n) is 22.9. The highest BCUT2D eigenvalue weighted by atomic mass is 16.6. The van der Waals surface area contributed by atoms with Gasteiger partial charge in [-0.1, -0.05) is 25.3 Å². The maximum atomic E-state index is 14.3. The second-order valence-electron chi connectivity index (χ2n) is 19.3. The van der Waals surface area contributed by atoms with E-state index >= 15 is 0 Å². The maximum absolute atomic E-state index is 14.3. The molecule has 59 heavy (non-hydrogen) atoms. The molecule has 2 aliphatic carbocycles. The number of nitrogens with two attached hydrogens (primary N) is 2. The zero-order valence-electron chi connectivity index (χ0n) is 35.5. The molecule has 11 N–H and O–H groups in total. The van der Waals surface area contributed by atoms with Crippen LogP contribution in [-0.4, -0.2) is 126 Å². The van der Waals surface area contributed by atoms with E-state index in [4.69, 9.17) is 25.7 Å². The Morgan fingerprint density at radius 1 is 1.07 bits per heavy atom. The number of likely N-dealkylation sites (N-methyl/N-ethyl adjacent to an activating group) is 1. The van der Waals surface area contributed by atoms with Gasteiger partial charge in [0, 0.05) is 42.7 Å². The van der Waals surface area contributed by atoms with Gasteiger partial charge in [-0.25, -0.2) is 4.79 Å². The normalized spacial score (nSPS) is 46.7. The van der Waals surface area contributed by atoms with Gasteiger partial charge in [-0.15, -0.1) is 5.92 Å². The van der Waals surface area contributed by atoms with Crippen LogP contribution in [0.2, 0.25) is 0 Å². The highest BCUT2D eigenvalue weighted by Gasteiger charge is 2.67. The summed E-state index contributed by atoms with van der Waals surface area (Å²) in [5.74, 6) is 4.07. The van der Waals surface area contributed by atoms with Gasteiger partial charge in [0.1, 0.15) is 17.5 Å². The third kappa shape index (κ3) is 8.96. The first kappa shape index (κ1) is 45.0. The van der Waals surface area contributed by atoms with Crippen molar-refractivity contribution in [1.29, 1.82) is 0 Å². The minimum atomic E-state index is -1.17. The average molecular weight is 828 g/mol. The van der Waals surface area contributed by atoms with Crippen molar-refractivity contribution in [3.63, 3.8) is 0 Å². The molecule has 0 aromatic rings. The molecule has 2 bridgehead atoms. The molecule has 0 aromatic carbocycles. The molecule has 0 radical (unpaired) electrons. The Morgan fingerprint density at radius 2 is 1.88 bits per heavy atom. The lowest BCUT2D eigenvalue weighted by Crippen LogP contribution is -2.72. The van der Waals surface area contributed by atoms with E-state index in [2.05, 4.69) is 27.8 Å². The van der Waals surface area contributed by atoms with Crippen LogP contribution in [0.5, 0.6) is 0 Å². The molecule has 7 rings (SSSR count). The van der Waals surface area contributed by atoms with Crippen LogP contribution >= 0.6 is 0 Å². The van der Waals surface area contributed by atoms with Crippen LogP contribution in [0.3, 0.4) is 0 Å². The number of rotatable bonds is 11. The zero-order chi connectivity index (χ0) is 42.1. The molecule has 0 aromatic heterocycles. The minimum Gasteiger partial charge on any atom is -0.456 e. The molecule has 7 aliphatic rings. The molecular formula is C45H73N5O9. The van der Waals surface area contributed by atoms with Gasteiger partial charge in [-0.3, -0.25) is 4.79 Å². The van der Waals surface area contributed by atoms with Gasteiger partial charge in [-0.2, -0.15) is 0 Å². The molecule has 2 saturated carbocycles. The standard InChI is InChI=1S/C45H73N5O9/c1-4-26(22-48-5-2)43(56)58-34-20-32-40(55)37-33(54)19-31(23-51)57-42(37)38-39(27-13-15-49-36(47)17-27)45(24-52,29-8-6-10-30(53)18-29)14-7-9-28(44(34,3)59-41(32)38)16-25-11-12-35(46)50-21-25/h4,25,27-32,34-42,48-53,55H,5-6,8-13,15-24,46-47H2,1-3H3/t25?,27?,28-,29?,30?,31?,32?,34+,35?,36?,37?,38?,39?,40?,41?,42?,44+,45+/m1/s1. The van der Waals surface area contributed by atoms with Crippen molar-refractivity contribution in [1.82, 2.24) is 16.0 Å². The Labute approximate surface area is 350 Å². The topological polar surface area (TPSA) is 231 Å². The molecule has 14 nitrogen and oxygen atoms in total. The average Bonchev–Trinajstić information content (AvgIpc) is 3.22. The van der Waals surface area contributed by atoms with Crippen molar-refractivity contribution in [2.45, 2.75) is 152 Å². The number of nitrogens with one attached hydrogen (secondary N) is 3. The number of carbonyl (C=O) groups excluding carboxylic acids is 2. The van der Waals surface area contributed by atoms with Gasteiger partial charge < -0.3 is 62.1 Å². The SMILES string of the molecule is CC=C(CNCC)C(=O)O[C@H]1CC2C(O)C3C(=O)CC(CO)OC3C3C2O[C@@]1(C)[C@@H](CC1CCC(N)NC1)CC#C[C@](CO)(C1CCCC(O)C1)C3C1CCNC(N)C1. The fraction of sp³-hybridized carbons (Fsp3) is 0.867. The number of Topliss-reactive ketones (excluding diaryl/α,β-unsaturated/α-hetero) is 1. The molecular weight excluding hydrogens is 755 g/mol. The summed E-state index contributed by atoms with van der Waals surface area (Å²) in [6.07, 6.45) is 3.73. The summed E-state index contributed by atoms with van der Waals surface area (Å²) in [6, 6.07) is 0. The third-order valence-electron chi connectivity index (χ3n) is 15.9. The van der Waals surface area contributed by atoms with Gasteiger partial charge >= 0.3 is 5.97 Å². The number of aliphatic hydroxyl groups is 4. The van der Waals surface area contributed by atoms with E-state index in [1.54, 1.807) is 6.08 Å². The van der Waals surface area contributed by atoms with Crippen LogP contribution < -0.4 is 27.4 Å². The lowest BCUT2D eigenvalue weighted by molar-refractivity contribution is -0.308. The highest BCUT2D eigenvalue weighted by molar-refractivity contribution is 5.89. The summed E-state index contributed by atoms with van der Waals surface area (Å²) < 4.78 is 21.1. The van der Waals surface area contributed by atoms with E-state index in [1.807, 2.05) is 20.8 Å². The van der Waals surface area contributed by atoms with E-state index in [1.165, 1.54) is 0 Å². The highest BCUT2D eigenvalue weighted by Crippen LogP contribution is 2.60. The van der Waals surface area contributed by atoms with Gasteiger partial charge in [0.15, 0.2) is 0 Å². The van der Waals surface area contributed by atoms with E-state index in [0.717, 1.165) is 38.6 Å². The second-order valence-corrected chi connectivity index (χ2v) is 19.3. The van der Waals surface area contributed by atoms with Crippen LogP contribution in [0.1, 0.15) is 97.8 Å². The molecule has 6 fully saturated rings. The van der Waals surface area contributed by atoms with E-state index in [-0.39, 0.29) is 67.8 Å². The molecule has 4 saturated heterocycles. The number of hydrogen-bond acceptors (Lipinski definition) is 14. The van der Waals surface area contributed by atoms with Crippen molar-refractivity contribution < 1.29 is 44.2 Å². The van der Waals surface area contributed by atoms with Gasteiger partial charge in [0.25, 0.3) is 0 Å². The summed E-state index contributed by atoms with van der Waals surface area (Å²) in [5, 5.41) is 56.5. The number of aliphatic hydroxyl groups excluding tert-OH is 4. The predicted molar refractivity (Wildman–Crippen MR) is 221 cm³/mol. The van der Waals surface area contributed by atoms with E-state index < -0.39 is 77.3 Å². The van der Waals surface area contributed by atoms with Gasteiger partial charge in [-0.05, 0) is 115 Å². The Bertz CT molecular complexity index is 1560. The van der Waals surface area contributed by atoms with Crippen molar-refractivity contribution >= 4 is 11.8 Å². The molecule has 0 amide bonds. The number of esters is 1. The Balaban J connectivity index is 1.43. The lowest BCUT2D eigenvalue weighted by Gasteiger charge is -2.63. The summed E-state index contributed by atoms with van der Waals surface area (Å²) in [6.45, 7) is 7.63. The Hall–Kier alpha value is -2.00. The Morgan fingerprint density at radius 3 is 2.56 bits per heavy atom. The first-order valence-corrected chi connectivity index (χ1v) is 22.9. The van der Waals surface area contributed by atoms with E-state index in [9.17, 15) is 30.0 Å². The summed E-state index contributed by atoms with van der Waals surface area (Å²) in [4.78, 5) is 28.5. The molecule has 5 heterocycles. The fourth-order valence-corrected chi connectivity index (χ4v) is 12.8. The first-order chi connectivity index (χ1) is 28.4. The largest absolute Gasteiger partial charge is 0.456 e. The van der Waals surface area contributed by atoms with Gasteiger partial charge in [0.05, 0.1) is 67.4 Å². The predicted octanol–water partition coefficient (Wildman–Crippen LogP) is 1.07. The molecule has 332 valence electrons.